The summed E-state index contributed by atoms with van der Waals surface area (Å²) in [6.45, 7) is 8.49. The maximum atomic E-state index is 8.39. The molecule has 0 aliphatic heterocycles. The number of nitrogens with zero attached hydrogens (tertiary/aromatic N) is 1. The summed E-state index contributed by atoms with van der Waals surface area (Å²) in [6, 6.07) is 8.43. The van der Waals surface area contributed by atoms with E-state index in [2.05, 4.69) is 50.2 Å². The van der Waals surface area contributed by atoms with Crippen LogP contribution in [0.2, 0.25) is 0 Å². The number of rotatable bonds is 2. The van der Waals surface area contributed by atoms with Crippen LogP contribution in [0.1, 0.15) is 38.8 Å². The van der Waals surface area contributed by atoms with E-state index < -0.39 is 0 Å². The quantitative estimate of drug-likeness (QED) is 0.455. The van der Waals surface area contributed by atoms with Crippen molar-refractivity contribution >= 4 is 12.3 Å². The van der Waals surface area contributed by atoms with Gasteiger partial charge in [-0.25, -0.2) is 0 Å². The number of oxime groups is 1. The summed E-state index contributed by atoms with van der Waals surface area (Å²) >= 11 is 0. The zero-order valence-corrected chi connectivity index (χ0v) is 10.4. The highest BCUT2D eigenvalue weighted by Gasteiger charge is 2.12. The Morgan fingerprint density at radius 1 is 1.19 bits per heavy atom. The molecule has 0 radical (unpaired) electrons. The molecule has 1 N–H and O–H groups in total. The fourth-order valence-electron chi connectivity index (χ4n) is 1.47. The molecule has 1 aromatic rings. The summed E-state index contributed by atoms with van der Waals surface area (Å²) in [5.74, 6) is 0. The lowest BCUT2D eigenvalue weighted by Crippen LogP contribution is -2.10. The summed E-state index contributed by atoms with van der Waals surface area (Å²) in [7, 11) is 0. The van der Waals surface area contributed by atoms with E-state index in [4.69, 9.17) is 5.21 Å². The molecule has 2 nitrogen and oxygen atoms in total. The van der Waals surface area contributed by atoms with Crippen molar-refractivity contribution in [3.63, 3.8) is 0 Å². The van der Waals surface area contributed by atoms with E-state index >= 15 is 0 Å². The van der Waals surface area contributed by atoms with Crippen LogP contribution in [0.15, 0.2) is 35.0 Å². The summed E-state index contributed by atoms with van der Waals surface area (Å²) in [4.78, 5) is 0. The molecule has 86 valence electrons. The van der Waals surface area contributed by atoms with Gasteiger partial charge in [0, 0.05) is 0 Å². The van der Waals surface area contributed by atoms with Crippen LogP contribution in [-0.4, -0.2) is 11.4 Å². The molecule has 0 unspecified atom stereocenters. The molecule has 0 heterocycles. The second-order valence-corrected chi connectivity index (χ2v) is 5.00. The van der Waals surface area contributed by atoms with Crippen molar-refractivity contribution in [2.75, 3.05) is 0 Å². The Balaban J connectivity index is 2.92. The molecule has 2 heteroatoms. The number of hydrogen-bond donors (Lipinski definition) is 1. The summed E-state index contributed by atoms with van der Waals surface area (Å²) in [5.41, 5.74) is 3.54. The number of hydrogen-bond acceptors (Lipinski definition) is 2. The van der Waals surface area contributed by atoms with E-state index in [1.54, 1.807) is 0 Å². The molecule has 0 aromatic heterocycles. The highest BCUT2D eigenvalue weighted by molar-refractivity contribution is 5.84. The van der Waals surface area contributed by atoms with Crippen molar-refractivity contribution in [2.45, 2.75) is 33.1 Å². The lowest BCUT2D eigenvalue weighted by molar-refractivity contribution is 0.321. The first-order valence-corrected chi connectivity index (χ1v) is 5.40. The summed E-state index contributed by atoms with van der Waals surface area (Å²) in [6.07, 6.45) is 3.41. The lowest BCUT2D eigenvalue weighted by atomic mass is 9.86. The SMILES string of the molecule is CC(/C=N/O)=C\c1ccc(C(C)(C)C)cc1. The van der Waals surface area contributed by atoms with Crippen LogP contribution in [0.5, 0.6) is 0 Å². The third-order valence-electron chi connectivity index (χ3n) is 2.43. The number of benzene rings is 1. The van der Waals surface area contributed by atoms with Crippen molar-refractivity contribution in [1.29, 1.82) is 0 Å². The first-order valence-electron chi connectivity index (χ1n) is 5.40. The average Bonchev–Trinajstić information content (AvgIpc) is 2.17. The molecular weight excluding hydrogens is 198 g/mol. The molecule has 1 aromatic carbocycles. The van der Waals surface area contributed by atoms with Crippen molar-refractivity contribution in [2.24, 2.45) is 5.16 Å². The zero-order valence-electron chi connectivity index (χ0n) is 10.4. The van der Waals surface area contributed by atoms with Gasteiger partial charge in [0.25, 0.3) is 0 Å². The second kappa shape index (κ2) is 4.97. The largest absolute Gasteiger partial charge is 0.411 e. The fourth-order valence-corrected chi connectivity index (χ4v) is 1.47. The average molecular weight is 217 g/mol. The molecule has 0 fully saturated rings. The highest BCUT2D eigenvalue weighted by atomic mass is 16.4. The molecule has 0 saturated heterocycles. The van der Waals surface area contributed by atoms with Crippen molar-refractivity contribution in [3.8, 4) is 0 Å². The van der Waals surface area contributed by atoms with E-state index in [0.717, 1.165) is 11.1 Å². The molecule has 1 rings (SSSR count). The van der Waals surface area contributed by atoms with Gasteiger partial charge >= 0.3 is 0 Å². The van der Waals surface area contributed by atoms with Crippen molar-refractivity contribution in [3.05, 3.63) is 41.0 Å². The highest BCUT2D eigenvalue weighted by Crippen LogP contribution is 2.22. The van der Waals surface area contributed by atoms with Gasteiger partial charge in [-0.05, 0) is 29.0 Å². The van der Waals surface area contributed by atoms with Gasteiger partial charge in [-0.3, -0.25) is 0 Å². The Hall–Kier alpha value is -1.57. The molecule has 0 aliphatic carbocycles. The minimum absolute atomic E-state index is 0.184. The van der Waals surface area contributed by atoms with Gasteiger partial charge in [0.15, 0.2) is 0 Å². The molecule has 0 spiro atoms. The van der Waals surface area contributed by atoms with Crippen LogP contribution in [0.3, 0.4) is 0 Å². The third-order valence-corrected chi connectivity index (χ3v) is 2.43. The maximum Gasteiger partial charge on any atom is 0.0690 e. The van der Waals surface area contributed by atoms with Gasteiger partial charge in [-0.2, -0.15) is 0 Å². The van der Waals surface area contributed by atoms with Gasteiger partial charge in [-0.15, -0.1) is 0 Å². The van der Waals surface area contributed by atoms with E-state index in [-0.39, 0.29) is 5.41 Å². The number of allylic oxidation sites excluding steroid dienone is 1. The van der Waals surface area contributed by atoms with Crippen LogP contribution in [0, 0.1) is 0 Å². The Morgan fingerprint density at radius 3 is 2.19 bits per heavy atom. The predicted molar refractivity (Wildman–Crippen MR) is 69.1 cm³/mol. The van der Waals surface area contributed by atoms with Crippen molar-refractivity contribution in [1.82, 2.24) is 0 Å². The predicted octanol–water partition coefficient (Wildman–Crippen LogP) is 3.85. The molecule has 0 saturated carbocycles. The lowest BCUT2D eigenvalue weighted by Gasteiger charge is -2.18. The van der Waals surface area contributed by atoms with Crippen LogP contribution >= 0.6 is 0 Å². The molecule has 0 amide bonds. The third kappa shape index (κ3) is 3.54. The summed E-state index contributed by atoms with van der Waals surface area (Å²) in [5, 5.41) is 11.4. The van der Waals surface area contributed by atoms with Gasteiger partial charge in [0.1, 0.15) is 0 Å². The normalized spacial score (nSPS) is 13.4. The standard InChI is InChI=1S/C14H19NO/c1-11(10-15-16)9-12-5-7-13(8-6-12)14(2,3)4/h5-10,16H,1-4H3/b11-9+,15-10+. The Labute approximate surface area is 97.3 Å². The molecule has 0 atom stereocenters. The van der Waals surface area contributed by atoms with Crippen LogP contribution in [0.4, 0.5) is 0 Å². The van der Waals surface area contributed by atoms with Crippen molar-refractivity contribution < 1.29 is 5.21 Å². The second-order valence-electron chi connectivity index (χ2n) is 5.00. The van der Waals surface area contributed by atoms with E-state index in [9.17, 15) is 0 Å². The van der Waals surface area contributed by atoms with Gasteiger partial charge < -0.3 is 5.21 Å². The molecular formula is C14H19NO. The summed E-state index contributed by atoms with van der Waals surface area (Å²) < 4.78 is 0. The van der Waals surface area contributed by atoms with E-state index in [1.807, 2.05) is 13.0 Å². The topological polar surface area (TPSA) is 32.6 Å². The van der Waals surface area contributed by atoms with Gasteiger partial charge in [0.05, 0.1) is 6.21 Å². The first kappa shape index (κ1) is 12.5. The Morgan fingerprint density at radius 2 is 1.75 bits per heavy atom. The van der Waals surface area contributed by atoms with E-state index in [1.165, 1.54) is 11.8 Å². The fraction of sp³-hybridized carbons (Fsp3) is 0.357. The van der Waals surface area contributed by atoms with Crippen LogP contribution in [0.25, 0.3) is 6.08 Å². The minimum atomic E-state index is 0.184. The van der Waals surface area contributed by atoms with Gasteiger partial charge in [0.2, 0.25) is 0 Å². The first-order chi connectivity index (χ1) is 7.43. The smallest absolute Gasteiger partial charge is 0.0690 e. The van der Waals surface area contributed by atoms with Gasteiger partial charge in [-0.1, -0.05) is 56.3 Å². The Kier molecular flexibility index (Phi) is 3.88. The minimum Gasteiger partial charge on any atom is -0.411 e. The molecule has 0 aliphatic rings. The Bertz CT molecular complexity index is 394. The maximum absolute atomic E-state index is 8.39. The molecule has 16 heavy (non-hydrogen) atoms. The zero-order chi connectivity index (χ0) is 12.2. The van der Waals surface area contributed by atoms with Crippen LogP contribution < -0.4 is 0 Å². The monoisotopic (exact) mass is 217 g/mol. The van der Waals surface area contributed by atoms with Crippen LogP contribution in [-0.2, 0) is 5.41 Å². The molecule has 0 bridgehead atoms. The van der Waals surface area contributed by atoms with E-state index in [0.29, 0.717) is 0 Å².